The zero-order valence-corrected chi connectivity index (χ0v) is 18.6. The Bertz CT molecular complexity index is 1090. The van der Waals surface area contributed by atoms with Crippen molar-refractivity contribution in [2.45, 2.75) is 12.8 Å². The van der Waals surface area contributed by atoms with E-state index >= 15 is 0 Å². The van der Waals surface area contributed by atoms with Crippen molar-refractivity contribution in [1.29, 1.82) is 15.8 Å². The first kappa shape index (κ1) is 22.2. The molecular formula is C22H20BrN5O3. The molecule has 1 aromatic carbocycles. The molecule has 9 heteroatoms. The van der Waals surface area contributed by atoms with Gasteiger partial charge in [-0.1, -0.05) is 22.0 Å². The average Bonchev–Trinajstić information content (AvgIpc) is 2.78. The van der Waals surface area contributed by atoms with Gasteiger partial charge < -0.3 is 20.1 Å². The van der Waals surface area contributed by atoms with Crippen molar-refractivity contribution in [2.75, 3.05) is 26.8 Å². The molecule has 0 radical (unpaired) electrons. The number of rotatable bonds is 3. The fourth-order valence-corrected chi connectivity index (χ4v) is 4.71. The third kappa shape index (κ3) is 3.50. The highest BCUT2D eigenvalue weighted by Gasteiger charge is 2.55. The van der Waals surface area contributed by atoms with Gasteiger partial charge in [0.05, 0.1) is 37.1 Å². The smallest absolute Gasteiger partial charge is 0.410 e. The normalized spacial score (nSPS) is 21.7. The summed E-state index contributed by atoms with van der Waals surface area (Å²) in [5.74, 6) is -0.845. The number of allylic oxidation sites excluding steroid dienone is 2. The number of hydrogen-bond donors (Lipinski definition) is 1. The first-order valence-electron chi connectivity index (χ1n) is 9.56. The largest absolute Gasteiger partial charge is 0.496 e. The van der Waals surface area contributed by atoms with E-state index in [1.54, 1.807) is 31.2 Å². The number of nitrogens with zero attached hydrogens (tertiary/aromatic N) is 4. The molecule has 3 rings (SSSR count). The zero-order chi connectivity index (χ0) is 22.8. The topological polar surface area (TPSA) is 136 Å². The minimum Gasteiger partial charge on any atom is -0.496 e. The van der Waals surface area contributed by atoms with Crippen LogP contribution in [0.2, 0.25) is 0 Å². The summed E-state index contributed by atoms with van der Waals surface area (Å²) < 4.78 is 11.4. The summed E-state index contributed by atoms with van der Waals surface area (Å²) in [5.41, 5.74) is 5.72. The number of carbonyl (C=O) groups is 1. The maximum absolute atomic E-state index is 12.4. The second-order valence-corrected chi connectivity index (χ2v) is 8.08. The van der Waals surface area contributed by atoms with Gasteiger partial charge in [0.15, 0.2) is 5.41 Å². The highest BCUT2D eigenvalue weighted by molar-refractivity contribution is 9.10. The van der Waals surface area contributed by atoms with Gasteiger partial charge in [0.25, 0.3) is 0 Å². The summed E-state index contributed by atoms with van der Waals surface area (Å²) >= 11 is 3.44. The standard InChI is InChI=1S/C22H20BrN5O3/c1-3-31-21(29)28-7-6-14-16(9-24)20(27)22(11-25,12-26)19(17(14)10-28)15-8-13(23)4-5-18(15)30-2/h4-6,8,17,19H,3,7,10,27H2,1-2H3. The Hall–Kier alpha value is -3.48. The van der Waals surface area contributed by atoms with Crippen LogP contribution in [0.15, 0.2) is 45.6 Å². The molecule has 1 amide bonds. The van der Waals surface area contributed by atoms with Gasteiger partial charge in [-0.2, -0.15) is 15.8 Å². The van der Waals surface area contributed by atoms with Gasteiger partial charge in [-0.15, -0.1) is 0 Å². The molecule has 0 spiro atoms. The molecule has 0 fully saturated rings. The van der Waals surface area contributed by atoms with Crippen molar-refractivity contribution < 1.29 is 14.3 Å². The van der Waals surface area contributed by atoms with Gasteiger partial charge in [-0.3, -0.25) is 0 Å². The van der Waals surface area contributed by atoms with Gasteiger partial charge in [0, 0.05) is 35.0 Å². The second kappa shape index (κ2) is 8.71. The first-order chi connectivity index (χ1) is 14.9. The average molecular weight is 482 g/mol. The van der Waals surface area contributed by atoms with Crippen LogP contribution in [0.25, 0.3) is 0 Å². The molecule has 2 unspecified atom stereocenters. The van der Waals surface area contributed by atoms with Gasteiger partial charge in [-0.25, -0.2) is 4.79 Å². The Labute approximate surface area is 188 Å². The van der Waals surface area contributed by atoms with Gasteiger partial charge in [0.2, 0.25) is 0 Å². The fraction of sp³-hybridized carbons (Fsp3) is 0.364. The van der Waals surface area contributed by atoms with E-state index in [1.807, 2.05) is 0 Å². The number of halogens is 1. The Balaban J connectivity index is 2.31. The van der Waals surface area contributed by atoms with E-state index < -0.39 is 23.3 Å². The molecule has 0 bridgehead atoms. The quantitative estimate of drug-likeness (QED) is 0.698. The molecular weight excluding hydrogens is 462 g/mol. The third-order valence-electron chi connectivity index (χ3n) is 5.72. The molecule has 8 nitrogen and oxygen atoms in total. The number of ether oxygens (including phenoxy) is 2. The molecule has 1 aromatic rings. The molecule has 0 saturated heterocycles. The number of nitriles is 3. The highest BCUT2D eigenvalue weighted by atomic mass is 79.9. The van der Waals surface area contributed by atoms with E-state index in [2.05, 4.69) is 34.1 Å². The van der Waals surface area contributed by atoms with E-state index in [0.717, 1.165) is 4.47 Å². The predicted molar refractivity (Wildman–Crippen MR) is 114 cm³/mol. The molecule has 2 atom stereocenters. The first-order valence-corrected chi connectivity index (χ1v) is 10.4. The lowest BCUT2D eigenvalue weighted by atomic mass is 9.58. The van der Waals surface area contributed by atoms with E-state index in [1.165, 1.54) is 12.0 Å². The van der Waals surface area contributed by atoms with Crippen molar-refractivity contribution >= 4 is 22.0 Å². The van der Waals surface area contributed by atoms with Crippen molar-refractivity contribution in [3.8, 4) is 24.0 Å². The number of amides is 1. The van der Waals surface area contributed by atoms with Crippen molar-refractivity contribution in [3.05, 3.63) is 51.2 Å². The van der Waals surface area contributed by atoms with Gasteiger partial charge in [0.1, 0.15) is 11.8 Å². The predicted octanol–water partition coefficient (Wildman–Crippen LogP) is 3.34. The fourth-order valence-electron chi connectivity index (χ4n) is 4.34. The lowest BCUT2D eigenvalue weighted by Gasteiger charge is -2.45. The van der Waals surface area contributed by atoms with Crippen LogP contribution in [-0.2, 0) is 4.74 Å². The van der Waals surface area contributed by atoms with Crippen LogP contribution in [0.4, 0.5) is 4.79 Å². The lowest BCUT2D eigenvalue weighted by molar-refractivity contribution is 0.0998. The summed E-state index contributed by atoms with van der Waals surface area (Å²) in [4.78, 5) is 13.9. The molecule has 2 aliphatic rings. The van der Waals surface area contributed by atoms with Crippen LogP contribution in [0.5, 0.6) is 5.75 Å². The number of methoxy groups -OCH3 is 1. The molecule has 0 saturated carbocycles. The molecule has 1 aliphatic carbocycles. The number of carbonyl (C=O) groups excluding carboxylic acids is 1. The third-order valence-corrected chi connectivity index (χ3v) is 6.21. The minimum absolute atomic E-state index is 0.0842. The Morgan fingerprint density at radius 1 is 1.35 bits per heavy atom. The summed E-state index contributed by atoms with van der Waals surface area (Å²) in [6.07, 6.45) is 1.24. The second-order valence-electron chi connectivity index (χ2n) is 7.17. The number of hydrogen-bond acceptors (Lipinski definition) is 7. The van der Waals surface area contributed by atoms with E-state index in [-0.39, 0.29) is 31.0 Å². The summed E-state index contributed by atoms with van der Waals surface area (Å²) in [5, 5.41) is 30.1. The maximum atomic E-state index is 12.4. The van der Waals surface area contributed by atoms with E-state index in [4.69, 9.17) is 15.2 Å². The molecule has 1 aliphatic heterocycles. The summed E-state index contributed by atoms with van der Waals surface area (Å²) in [7, 11) is 1.50. The van der Waals surface area contributed by atoms with Crippen LogP contribution in [0.1, 0.15) is 18.4 Å². The van der Waals surface area contributed by atoms with Gasteiger partial charge >= 0.3 is 6.09 Å². The number of benzene rings is 1. The van der Waals surface area contributed by atoms with Crippen molar-refractivity contribution in [2.24, 2.45) is 17.1 Å². The van der Waals surface area contributed by atoms with Crippen LogP contribution >= 0.6 is 15.9 Å². The number of nitrogens with two attached hydrogens (primary N) is 1. The number of fused-ring (bicyclic) bond motifs is 1. The monoisotopic (exact) mass is 481 g/mol. The minimum atomic E-state index is -1.82. The Morgan fingerprint density at radius 3 is 2.65 bits per heavy atom. The molecule has 0 aromatic heterocycles. The highest BCUT2D eigenvalue weighted by Crippen LogP contribution is 2.56. The molecule has 2 N–H and O–H groups in total. The summed E-state index contributed by atoms with van der Waals surface area (Å²) in [6, 6.07) is 11.5. The van der Waals surface area contributed by atoms with Crippen molar-refractivity contribution in [1.82, 2.24) is 4.90 Å². The molecule has 1 heterocycles. The van der Waals surface area contributed by atoms with Crippen LogP contribution < -0.4 is 10.5 Å². The molecule has 158 valence electrons. The maximum Gasteiger partial charge on any atom is 0.410 e. The van der Waals surface area contributed by atoms with Crippen LogP contribution in [0.3, 0.4) is 0 Å². The SMILES string of the molecule is CCOC(=O)N1CC=C2C(C#N)=C(N)C(C#N)(C#N)C(c3cc(Br)ccc3OC)C2C1. The Kier molecular flexibility index (Phi) is 6.24. The lowest BCUT2D eigenvalue weighted by Crippen LogP contribution is -2.49. The van der Waals surface area contributed by atoms with E-state index in [0.29, 0.717) is 16.9 Å². The summed E-state index contributed by atoms with van der Waals surface area (Å²) in [6.45, 7) is 2.33. The van der Waals surface area contributed by atoms with Crippen LogP contribution in [0, 0.1) is 45.3 Å². The Morgan fingerprint density at radius 2 is 2.06 bits per heavy atom. The van der Waals surface area contributed by atoms with Crippen LogP contribution in [-0.4, -0.2) is 37.8 Å². The zero-order valence-electron chi connectivity index (χ0n) is 17.1. The van der Waals surface area contributed by atoms with E-state index in [9.17, 15) is 20.6 Å². The van der Waals surface area contributed by atoms with Gasteiger partial charge in [-0.05, 0) is 30.7 Å². The molecule has 31 heavy (non-hydrogen) atoms. The van der Waals surface area contributed by atoms with Crippen molar-refractivity contribution in [3.63, 3.8) is 0 Å².